The maximum absolute atomic E-state index is 5.56. The van der Waals surface area contributed by atoms with Crippen LogP contribution in [0.3, 0.4) is 0 Å². The molecule has 0 radical (unpaired) electrons. The number of nitrogens with zero attached hydrogens (tertiary/aromatic N) is 5. The summed E-state index contributed by atoms with van der Waals surface area (Å²) in [5, 5.41) is 12.2. The first kappa shape index (κ1) is 13.8. The van der Waals surface area contributed by atoms with Gasteiger partial charge in [0.15, 0.2) is 0 Å². The first-order valence-corrected chi connectivity index (χ1v) is 9.09. The maximum atomic E-state index is 5.56. The number of anilines is 1. The summed E-state index contributed by atoms with van der Waals surface area (Å²) < 4.78 is 6.76. The van der Waals surface area contributed by atoms with E-state index in [1.165, 1.54) is 11.1 Å². The van der Waals surface area contributed by atoms with Gasteiger partial charge in [0.2, 0.25) is 5.13 Å². The van der Waals surface area contributed by atoms with E-state index in [0.29, 0.717) is 0 Å². The van der Waals surface area contributed by atoms with Gasteiger partial charge < -0.3 is 4.74 Å². The van der Waals surface area contributed by atoms with Crippen molar-refractivity contribution in [2.45, 2.75) is 31.0 Å². The summed E-state index contributed by atoms with van der Waals surface area (Å²) in [4.78, 5) is 7.36. The van der Waals surface area contributed by atoms with Gasteiger partial charge in [-0.15, -0.1) is 0 Å². The molecule has 120 valence electrons. The number of morpholine rings is 1. The first-order chi connectivity index (χ1) is 11.4. The molecule has 6 nitrogen and oxygen atoms in total. The molecule has 1 saturated heterocycles. The van der Waals surface area contributed by atoms with Crippen molar-refractivity contribution >= 4 is 26.7 Å². The largest absolute Gasteiger partial charge is 0.379 e. The van der Waals surface area contributed by atoms with Gasteiger partial charge in [0, 0.05) is 13.1 Å². The van der Waals surface area contributed by atoms with E-state index in [9.17, 15) is 0 Å². The Bertz CT molecular complexity index is 723. The van der Waals surface area contributed by atoms with Crippen molar-refractivity contribution in [2.75, 3.05) is 31.3 Å². The van der Waals surface area contributed by atoms with E-state index in [1.54, 1.807) is 11.3 Å². The number of benzene rings is 1. The smallest absolute Gasteiger partial charge is 0.210 e. The van der Waals surface area contributed by atoms with Crippen LogP contribution in [0.15, 0.2) is 34.6 Å². The molecule has 23 heavy (non-hydrogen) atoms. The van der Waals surface area contributed by atoms with Gasteiger partial charge in [-0.05, 0) is 31.4 Å². The Balaban J connectivity index is 1.58. The SMILES string of the molecule is c1ccc2sc(N3N=N[C@@H]4CCC[C@@]43N3CCOCC3)nc2c1. The second kappa shape index (κ2) is 5.22. The van der Waals surface area contributed by atoms with Crippen molar-refractivity contribution in [3.05, 3.63) is 24.3 Å². The third-order valence-electron chi connectivity index (χ3n) is 5.23. The highest BCUT2D eigenvalue weighted by atomic mass is 32.1. The summed E-state index contributed by atoms with van der Waals surface area (Å²) >= 11 is 1.71. The van der Waals surface area contributed by atoms with Gasteiger partial charge in [0.1, 0.15) is 11.7 Å². The second-order valence-corrected chi connectivity index (χ2v) is 7.38. The number of fused-ring (bicyclic) bond motifs is 2. The Labute approximate surface area is 138 Å². The lowest BCUT2D eigenvalue weighted by molar-refractivity contribution is -0.0214. The van der Waals surface area contributed by atoms with Gasteiger partial charge in [-0.1, -0.05) is 28.7 Å². The van der Waals surface area contributed by atoms with Gasteiger partial charge >= 0.3 is 0 Å². The fraction of sp³-hybridized carbons (Fsp3) is 0.562. The molecule has 0 unspecified atom stereocenters. The standard InChI is InChI=1S/C16H19N5OS/c1-2-5-13-12(4-1)17-15(23-13)21-16(20-8-10-22-11-9-20)7-3-6-14(16)18-19-21/h1-2,4-5,14H,3,6-11H2/t14-,16+/m1/s1. The van der Waals surface area contributed by atoms with Crippen LogP contribution >= 0.6 is 11.3 Å². The van der Waals surface area contributed by atoms with E-state index in [4.69, 9.17) is 9.72 Å². The zero-order valence-electron chi connectivity index (χ0n) is 12.9. The number of ether oxygens (including phenoxy) is 1. The molecule has 3 aliphatic rings. The lowest BCUT2D eigenvalue weighted by Crippen LogP contribution is -2.63. The fourth-order valence-corrected chi connectivity index (χ4v) is 5.14. The number of rotatable bonds is 2. The van der Waals surface area contributed by atoms with Crippen molar-refractivity contribution in [1.82, 2.24) is 9.88 Å². The summed E-state index contributed by atoms with van der Waals surface area (Å²) in [5.74, 6) is 0. The zero-order chi connectivity index (χ0) is 15.3. The Morgan fingerprint density at radius 1 is 1.22 bits per heavy atom. The first-order valence-electron chi connectivity index (χ1n) is 8.27. The highest BCUT2D eigenvalue weighted by Gasteiger charge is 2.57. The molecule has 1 aliphatic carbocycles. The van der Waals surface area contributed by atoms with E-state index in [-0.39, 0.29) is 11.7 Å². The zero-order valence-corrected chi connectivity index (χ0v) is 13.7. The van der Waals surface area contributed by atoms with Crippen LogP contribution in [0.2, 0.25) is 0 Å². The van der Waals surface area contributed by atoms with Crippen LogP contribution in [-0.4, -0.2) is 47.9 Å². The molecule has 3 heterocycles. The van der Waals surface area contributed by atoms with Crippen molar-refractivity contribution in [3.63, 3.8) is 0 Å². The van der Waals surface area contributed by atoms with Crippen LogP contribution in [0, 0.1) is 0 Å². The van der Waals surface area contributed by atoms with Crippen molar-refractivity contribution in [1.29, 1.82) is 0 Å². The topological polar surface area (TPSA) is 53.3 Å². The third kappa shape index (κ3) is 1.96. The quantitative estimate of drug-likeness (QED) is 0.850. The molecule has 0 bridgehead atoms. The van der Waals surface area contributed by atoms with E-state index >= 15 is 0 Å². The molecule has 1 aromatic carbocycles. The molecule has 7 heteroatoms. The minimum Gasteiger partial charge on any atom is -0.379 e. The molecular formula is C16H19N5OS. The lowest BCUT2D eigenvalue weighted by Gasteiger charge is -2.45. The Kier molecular flexibility index (Phi) is 3.14. The highest BCUT2D eigenvalue weighted by molar-refractivity contribution is 7.22. The van der Waals surface area contributed by atoms with Gasteiger partial charge in [0.05, 0.1) is 23.4 Å². The summed E-state index contributed by atoms with van der Waals surface area (Å²) in [6.07, 6.45) is 3.41. The average molecular weight is 329 g/mol. The molecule has 0 N–H and O–H groups in total. The van der Waals surface area contributed by atoms with E-state index < -0.39 is 0 Å². The van der Waals surface area contributed by atoms with E-state index in [2.05, 4.69) is 38.4 Å². The minimum absolute atomic E-state index is 0.127. The van der Waals surface area contributed by atoms with Crippen LogP contribution in [0.1, 0.15) is 19.3 Å². The number of aromatic nitrogens is 1. The van der Waals surface area contributed by atoms with Gasteiger partial charge in [0.25, 0.3) is 0 Å². The summed E-state index contributed by atoms with van der Waals surface area (Å²) in [5.41, 5.74) is 0.916. The van der Waals surface area contributed by atoms with E-state index in [1.807, 2.05) is 6.07 Å². The Morgan fingerprint density at radius 3 is 2.96 bits per heavy atom. The number of hydrogen-bond donors (Lipinski definition) is 0. The molecule has 2 atom stereocenters. The van der Waals surface area contributed by atoms with E-state index in [0.717, 1.165) is 49.8 Å². The predicted octanol–water partition coefficient (Wildman–Crippen LogP) is 3.06. The lowest BCUT2D eigenvalue weighted by atomic mass is 10.0. The summed E-state index contributed by atoms with van der Waals surface area (Å²) in [6.45, 7) is 3.48. The molecule has 1 aromatic heterocycles. The Hall–Kier alpha value is -1.57. The average Bonchev–Trinajstić information content (AvgIpc) is 3.28. The molecular weight excluding hydrogens is 310 g/mol. The molecule has 2 aromatic rings. The normalized spacial score (nSPS) is 31.1. The van der Waals surface area contributed by atoms with Crippen molar-refractivity contribution in [3.8, 4) is 0 Å². The number of thiazole rings is 1. The minimum atomic E-state index is -0.127. The van der Waals surface area contributed by atoms with Crippen LogP contribution in [0.25, 0.3) is 10.2 Å². The maximum Gasteiger partial charge on any atom is 0.210 e. The predicted molar refractivity (Wildman–Crippen MR) is 89.7 cm³/mol. The molecule has 1 saturated carbocycles. The summed E-state index contributed by atoms with van der Waals surface area (Å²) in [7, 11) is 0. The van der Waals surface area contributed by atoms with Crippen LogP contribution < -0.4 is 5.01 Å². The summed E-state index contributed by atoms with van der Waals surface area (Å²) in [6, 6.07) is 8.54. The van der Waals surface area contributed by atoms with Gasteiger partial charge in [-0.25, -0.2) is 4.98 Å². The fourth-order valence-electron chi connectivity index (χ4n) is 4.15. The van der Waals surface area contributed by atoms with Gasteiger partial charge in [-0.3, -0.25) is 4.90 Å². The number of para-hydroxylation sites is 1. The highest BCUT2D eigenvalue weighted by Crippen LogP contribution is 2.48. The van der Waals surface area contributed by atoms with Crippen molar-refractivity contribution in [2.24, 2.45) is 10.3 Å². The van der Waals surface area contributed by atoms with Crippen molar-refractivity contribution < 1.29 is 4.74 Å². The number of hydrogen-bond acceptors (Lipinski definition) is 7. The molecule has 0 amide bonds. The Morgan fingerprint density at radius 2 is 2.09 bits per heavy atom. The third-order valence-corrected chi connectivity index (χ3v) is 6.24. The second-order valence-electron chi connectivity index (χ2n) is 6.37. The molecule has 0 spiro atoms. The van der Waals surface area contributed by atoms with Crippen LogP contribution in [-0.2, 0) is 4.74 Å². The molecule has 5 rings (SSSR count). The molecule has 2 fully saturated rings. The molecule has 2 aliphatic heterocycles. The van der Waals surface area contributed by atoms with Gasteiger partial charge in [-0.2, -0.15) is 10.1 Å². The van der Waals surface area contributed by atoms with Crippen LogP contribution in [0.4, 0.5) is 5.13 Å². The monoisotopic (exact) mass is 329 g/mol. The van der Waals surface area contributed by atoms with Crippen LogP contribution in [0.5, 0.6) is 0 Å².